The molecule has 0 aliphatic heterocycles. The molecule has 0 aromatic carbocycles. The zero-order chi connectivity index (χ0) is 8.27. The highest BCUT2D eigenvalue weighted by atomic mass is 127. The van der Waals surface area contributed by atoms with Crippen LogP contribution in [0.25, 0.3) is 6.08 Å². The number of aliphatic carboxylic acids is 1. The summed E-state index contributed by atoms with van der Waals surface area (Å²) in [5.41, 5.74) is 0.946. The van der Waals surface area contributed by atoms with Gasteiger partial charge in [-0.1, -0.05) is 0 Å². The number of thiophene rings is 1. The van der Waals surface area contributed by atoms with Gasteiger partial charge in [-0.3, -0.25) is 0 Å². The van der Waals surface area contributed by atoms with E-state index in [2.05, 4.69) is 22.6 Å². The minimum Gasteiger partial charge on any atom is -0.478 e. The first-order chi connectivity index (χ1) is 5.18. The average Bonchev–Trinajstić information content (AvgIpc) is 2.31. The van der Waals surface area contributed by atoms with Gasteiger partial charge in [0.05, 0.1) is 2.88 Å². The standard InChI is InChI=1S/C7H5IO2S/c8-6-3-5(4-11-6)1-2-7(9)10/h1-4H,(H,9,10)/b2-1+. The normalized spacial score (nSPS) is 10.6. The molecule has 1 N–H and O–H groups in total. The summed E-state index contributed by atoms with van der Waals surface area (Å²) in [5, 5.41) is 10.2. The Hall–Kier alpha value is -0.360. The van der Waals surface area contributed by atoms with Crippen LogP contribution in [0.3, 0.4) is 0 Å². The van der Waals surface area contributed by atoms with Crippen molar-refractivity contribution < 1.29 is 9.90 Å². The third-order valence-corrected chi connectivity index (χ3v) is 2.81. The Morgan fingerprint density at radius 3 is 2.91 bits per heavy atom. The molecule has 0 aliphatic carbocycles. The van der Waals surface area contributed by atoms with Gasteiger partial charge >= 0.3 is 5.97 Å². The molecule has 0 fully saturated rings. The second-order valence-corrected chi connectivity index (χ2v) is 4.66. The molecule has 1 aromatic heterocycles. The Kier molecular flexibility index (Phi) is 3.07. The highest BCUT2D eigenvalue weighted by Gasteiger charge is 1.92. The van der Waals surface area contributed by atoms with E-state index in [1.54, 1.807) is 17.4 Å². The molecule has 0 radical (unpaired) electrons. The van der Waals surface area contributed by atoms with E-state index in [1.165, 1.54) is 0 Å². The Morgan fingerprint density at radius 1 is 1.73 bits per heavy atom. The van der Waals surface area contributed by atoms with E-state index < -0.39 is 5.97 Å². The summed E-state index contributed by atoms with van der Waals surface area (Å²) >= 11 is 3.79. The minimum atomic E-state index is -0.911. The fourth-order valence-corrected chi connectivity index (χ4v) is 1.92. The van der Waals surface area contributed by atoms with Crippen molar-refractivity contribution in [2.45, 2.75) is 0 Å². The smallest absolute Gasteiger partial charge is 0.328 e. The highest BCUT2D eigenvalue weighted by Crippen LogP contribution is 2.17. The van der Waals surface area contributed by atoms with Gasteiger partial charge in [-0.25, -0.2) is 4.79 Å². The van der Waals surface area contributed by atoms with Crippen molar-refractivity contribution in [1.29, 1.82) is 0 Å². The average molecular weight is 280 g/mol. The molecular weight excluding hydrogens is 275 g/mol. The van der Waals surface area contributed by atoms with Gasteiger partial charge in [0.25, 0.3) is 0 Å². The molecule has 1 aromatic rings. The lowest BCUT2D eigenvalue weighted by Gasteiger charge is -1.79. The van der Waals surface area contributed by atoms with Crippen LogP contribution in [0.1, 0.15) is 5.56 Å². The van der Waals surface area contributed by atoms with Gasteiger partial charge in [-0.05, 0) is 45.7 Å². The topological polar surface area (TPSA) is 37.3 Å². The number of carboxylic acids is 1. The van der Waals surface area contributed by atoms with Gasteiger partial charge in [-0.15, -0.1) is 11.3 Å². The molecule has 0 spiro atoms. The van der Waals surface area contributed by atoms with Crippen LogP contribution in [-0.2, 0) is 4.79 Å². The van der Waals surface area contributed by atoms with E-state index in [-0.39, 0.29) is 0 Å². The number of carbonyl (C=O) groups is 1. The molecule has 1 heterocycles. The molecule has 11 heavy (non-hydrogen) atoms. The predicted octanol–water partition coefficient (Wildman–Crippen LogP) is 2.45. The summed E-state index contributed by atoms with van der Waals surface area (Å²) in [6.07, 6.45) is 2.72. The largest absolute Gasteiger partial charge is 0.478 e. The maximum Gasteiger partial charge on any atom is 0.328 e. The van der Waals surface area contributed by atoms with Crippen molar-refractivity contribution in [2.24, 2.45) is 0 Å². The van der Waals surface area contributed by atoms with Crippen molar-refractivity contribution in [2.75, 3.05) is 0 Å². The van der Waals surface area contributed by atoms with Crippen molar-refractivity contribution in [3.05, 3.63) is 26.0 Å². The van der Waals surface area contributed by atoms with Crippen molar-refractivity contribution in [3.63, 3.8) is 0 Å². The maximum atomic E-state index is 10.1. The lowest BCUT2D eigenvalue weighted by molar-refractivity contribution is -0.131. The Balaban J connectivity index is 2.71. The number of rotatable bonds is 2. The summed E-state index contributed by atoms with van der Waals surface area (Å²) in [7, 11) is 0. The van der Waals surface area contributed by atoms with Crippen LogP contribution in [0.5, 0.6) is 0 Å². The van der Waals surface area contributed by atoms with Gasteiger partial charge in [-0.2, -0.15) is 0 Å². The van der Waals surface area contributed by atoms with E-state index in [9.17, 15) is 4.79 Å². The fourth-order valence-electron chi connectivity index (χ4n) is 0.578. The predicted molar refractivity (Wildman–Crippen MR) is 53.7 cm³/mol. The van der Waals surface area contributed by atoms with E-state index in [0.717, 1.165) is 14.5 Å². The third kappa shape index (κ3) is 3.02. The van der Waals surface area contributed by atoms with Crippen molar-refractivity contribution >= 4 is 46.0 Å². The summed E-state index contributed by atoms with van der Waals surface area (Å²) < 4.78 is 1.16. The first-order valence-electron chi connectivity index (χ1n) is 2.83. The monoisotopic (exact) mass is 280 g/mol. The summed E-state index contributed by atoms with van der Waals surface area (Å²) in [4.78, 5) is 10.1. The van der Waals surface area contributed by atoms with Gasteiger partial charge in [0, 0.05) is 6.08 Å². The van der Waals surface area contributed by atoms with Gasteiger partial charge in [0.1, 0.15) is 0 Å². The lowest BCUT2D eigenvalue weighted by atomic mass is 10.3. The quantitative estimate of drug-likeness (QED) is 0.667. The van der Waals surface area contributed by atoms with Crippen LogP contribution in [0.15, 0.2) is 17.5 Å². The van der Waals surface area contributed by atoms with Crippen LogP contribution < -0.4 is 0 Å². The molecule has 0 amide bonds. The molecule has 0 bridgehead atoms. The van der Waals surface area contributed by atoms with Crippen LogP contribution in [-0.4, -0.2) is 11.1 Å². The van der Waals surface area contributed by atoms with E-state index in [1.807, 2.05) is 11.4 Å². The number of halogens is 1. The van der Waals surface area contributed by atoms with Crippen molar-refractivity contribution in [3.8, 4) is 0 Å². The molecule has 0 saturated carbocycles. The van der Waals surface area contributed by atoms with Crippen LogP contribution >= 0.6 is 33.9 Å². The molecule has 0 aliphatic rings. The maximum absolute atomic E-state index is 10.1. The molecule has 2 nitrogen and oxygen atoms in total. The lowest BCUT2D eigenvalue weighted by Crippen LogP contribution is -1.84. The summed E-state index contributed by atoms with van der Waals surface area (Å²) in [6, 6.07) is 1.94. The van der Waals surface area contributed by atoms with Crippen LogP contribution in [0.4, 0.5) is 0 Å². The van der Waals surface area contributed by atoms with E-state index in [4.69, 9.17) is 5.11 Å². The van der Waals surface area contributed by atoms with Gasteiger partial charge in [0.15, 0.2) is 0 Å². The summed E-state index contributed by atoms with van der Waals surface area (Å²) in [5.74, 6) is -0.911. The van der Waals surface area contributed by atoms with E-state index >= 15 is 0 Å². The zero-order valence-electron chi connectivity index (χ0n) is 5.45. The third-order valence-electron chi connectivity index (χ3n) is 1.01. The van der Waals surface area contributed by atoms with Crippen LogP contribution in [0, 0.1) is 2.88 Å². The first kappa shape index (κ1) is 8.73. The first-order valence-corrected chi connectivity index (χ1v) is 4.79. The Bertz CT molecular complexity index is 290. The SMILES string of the molecule is O=C(O)/C=C/c1csc(I)c1. The number of carboxylic acid groups (broad SMARTS) is 1. The molecule has 1 rings (SSSR count). The zero-order valence-corrected chi connectivity index (χ0v) is 8.43. The van der Waals surface area contributed by atoms with E-state index in [0.29, 0.717) is 0 Å². The number of hydrogen-bond donors (Lipinski definition) is 1. The number of hydrogen-bond acceptors (Lipinski definition) is 2. The minimum absolute atomic E-state index is 0.911. The van der Waals surface area contributed by atoms with Crippen LogP contribution in [0.2, 0.25) is 0 Å². The second kappa shape index (κ2) is 3.87. The van der Waals surface area contributed by atoms with Gasteiger partial charge < -0.3 is 5.11 Å². The van der Waals surface area contributed by atoms with Crippen molar-refractivity contribution in [1.82, 2.24) is 0 Å². The van der Waals surface area contributed by atoms with Gasteiger partial charge in [0.2, 0.25) is 0 Å². The Labute approximate surface area is 81.7 Å². The molecule has 4 heteroatoms. The molecule has 0 unspecified atom stereocenters. The molecular formula is C7H5IO2S. The molecule has 0 atom stereocenters. The molecule has 0 saturated heterocycles. The Morgan fingerprint density at radius 2 is 2.45 bits per heavy atom. The highest BCUT2D eigenvalue weighted by molar-refractivity contribution is 14.1. The second-order valence-electron chi connectivity index (χ2n) is 1.86. The summed E-state index contributed by atoms with van der Waals surface area (Å²) in [6.45, 7) is 0. The fraction of sp³-hybridized carbons (Fsp3) is 0. The molecule has 58 valence electrons.